The Morgan fingerprint density at radius 2 is 2.14 bits per heavy atom. The van der Waals surface area contributed by atoms with Crippen LogP contribution in [0.25, 0.3) is 0 Å². The zero-order chi connectivity index (χ0) is 15.2. The van der Waals surface area contributed by atoms with E-state index >= 15 is 0 Å². The number of rotatable bonds is 6. The lowest BCUT2D eigenvalue weighted by molar-refractivity contribution is 0.116. The van der Waals surface area contributed by atoms with Gasteiger partial charge in [0.1, 0.15) is 11.9 Å². The van der Waals surface area contributed by atoms with Gasteiger partial charge in [0.25, 0.3) is 0 Å². The van der Waals surface area contributed by atoms with Crippen LogP contribution in [0.3, 0.4) is 0 Å². The first-order chi connectivity index (χ1) is 10.1. The predicted octanol–water partition coefficient (Wildman–Crippen LogP) is 1.70. The summed E-state index contributed by atoms with van der Waals surface area (Å²) in [6.07, 6.45) is 1.01. The summed E-state index contributed by atoms with van der Waals surface area (Å²) in [5.41, 5.74) is 1.18. The van der Waals surface area contributed by atoms with Crippen LogP contribution < -0.4 is 15.4 Å². The van der Waals surface area contributed by atoms with Gasteiger partial charge in [-0.25, -0.2) is 4.79 Å². The highest BCUT2D eigenvalue weighted by molar-refractivity contribution is 5.73. The molecule has 2 unspecified atom stereocenters. The minimum absolute atomic E-state index is 0.00518. The standard InChI is InChI=1S/C16H24N2O3/c1-11(2)14(19)7-8-17-16(20)18-10-13-9-12-5-3-4-6-15(12)21-13/h3-6,11,13-14,19H,7-10H2,1-2H3,(H2,17,18,20). The molecule has 5 heteroatoms. The van der Waals surface area contributed by atoms with Gasteiger partial charge in [-0.1, -0.05) is 32.0 Å². The van der Waals surface area contributed by atoms with Gasteiger partial charge in [-0.15, -0.1) is 0 Å². The molecule has 21 heavy (non-hydrogen) atoms. The lowest BCUT2D eigenvalue weighted by atomic mass is 10.0. The highest BCUT2D eigenvalue weighted by atomic mass is 16.5. The lowest BCUT2D eigenvalue weighted by Crippen LogP contribution is -2.42. The third-order valence-corrected chi connectivity index (χ3v) is 3.70. The molecule has 1 heterocycles. The van der Waals surface area contributed by atoms with Crippen LogP contribution in [0, 0.1) is 5.92 Å². The number of para-hydroxylation sites is 1. The number of carbonyl (C=O) groups excluding carboxylic acids is 1. The number of hydrogen-bond acceptors (Lipinski definition) is 3. The van der Waals surface area contributed by atoms with Gasteiger partial charge in [0.2, 0.25) is 0 Å². The van der Waals surface area contributed by atoms with Crippen molar-refractivity contribution >= 4 is 6.03 Å². The minimum atomic E-state index is -0.377. The molecule has 116 valence electrons. The van der Waals surface area contributed by atoms with Gasteiger partial charge >= 0.3 is 6.03 Å². The van der Waals surface area contributed by atoms with E-state index in [1.807, 2.05) is 38.1 Å². The monoisotopic (exact) mass is 292 g/mol. The smallest absolute Gasteiger partial charge is 0.314 e. The molecule has 0 fully saturated rings. The maximum Gasteiger partial charge on any atom is 0.314 e. The maximum atomic E-state index is 11.7. The second kappa shape index (κ2) is 7.31. The molecular weight excluding hydrogens is 268 g/mol. The van der Waals surface area contributed by atoms with Gasteiger partial charge in [0.05, 0.1) is 12.6 Å². The molecule has 0 saturated heterocycles. The second-order valence-electron chi connectivity index (χ2n) is 5.79. The normalized spacial score (nSPS) is 18.0. The number of carbonyl (C=O) groups is 1. The van der Waals surface area contributed by atoms with Crippen molar-refractivity contribution in [2.24, 2.45) is 5.92 Å². The summed E-state index contributed by atoms with van der Waals surface area (Å²) in [4.78, 5) is 11.7. The van der Waals surface area contributed by atoms with E-state index in [-0.39, 0.29) is 24.2 Å². The molecule has 2 amide bonds. The van der Waals surface area contributed by atoms with Crippen LogP contribution >= 0.6 is 0 Å². The summed E-state index contributed by atoms with van der Waals surface area (Å²) in [5.74, 6) is 1.12. The van der Waals surface area contributed by atoms with Crippen molar-refractivity contribution < 1.29 is 14.6 Å². The van der Waals surface area contributed by atoms with Crippen LogP contribution in [0.2, 0.25) is 0 Å². The van der Waals surface area contributed by atoms with E-state index in [4.69, 9.17) is 4.74 Å². The second-order valence-corrected chi connectivity index (χ2v) is 5.79. The summed E-state index contributed by atoms with van der Waals surface area (Å²) in [6.45, 7) is 4.86. The number of amides is 2. The van der Waals surface area contributed by atoms with Crippen LogP contribution in [-0.2, 0) is 6.42 Å². The fourth-order valence-electron chi connectivity index (χ4n) is 2.30. The van der Waals surface area contributed by atoms with E-state index in [2.05, 4.69) is 10.6 Å². The number of aliphatic hydroxyl groups is 1. The van der Waals surface area contributed by atoms with Crippen molar-refractivity contribution in [1.82, 2.24) is 10.6 Å². The number of benzene rings is 1. The third-order valence-electron chi connectivity index (χ3n) is 3.70. The molecule has 1 aliphatic heterocycles. The third kappa shape index (κ3) is 4.63. The van der Waals surface area contributed by atoms with Crippen molar-refractivity contribution in [3.05, 3.63) is 29.8 Å². The molecule has 0 radical (unpaired) electrons. The summed E-state index contributed by atoms with van der Waals surface area (Å²) in [6, 6.07) is 7.71. The minimum Gasteiger partial charge on any atom is -0.488 e. The summed E-state index contributed by atoms with van der Waals surface area (Å²) >= 11 is 0. The van der Waals surface area contributed by atoms with E-state index in [1.165, 1.54) is 5.56 Å². The molecule has 1 aromatic carbocycles. The van der Waals surface area contributed by atoms with Gasteiger partial charge in [0, 0.05) is 13.0 Å². The first kappa shape index (κ1) is 15.6. The molecule has 0 bridgehead atoms. The molecule has 0 aliphatic carbocycles. The van der Waals surface area contributed by atoms with E-state index in [9.17, 15) is 9.90 Å². The number of fused-ring (bicyclic) bond motifs is 1. The van der Waals surface area contributed by atoms with Crippen molar-refractivity contribution in [1.29, 1.82) is 0 Å². The molecule has 2 rings (SSSR count). The van der Waals surface area contributed by atoms with E-state index in [1.54, 1.807) is 0 Å². The predicted molar refractivity (Wildman–Crippen MR) is 81.4 cm³/mol. The Bertz CT molecular complexity index is 451. The fraction of sp³-hybridized carbons (Fsp3) is 0.562. The Kier molecular flexibility index (Phi) is 5.44. The fourth-order valence-corrected chi connectivity index (χ4v) is 2.30. The van der Waals surface area contributed by atoms with E-state index in [0.29, 0.717) is 19.5 Å². The number of hydrogen-bond donors (Lipinski definition) is 3. The van der Waals surface area contributed by atoms with Crippen LogP contribution in [0.5, 0.6) is 5.75 Å². The zero-order valence-electron chi connectivity index (χ0n) is 12.6. The van der Waals surface area contributed by atoms with Crippen LogP contribution in [0.15, 0.2) is 24.3 Å². The Labute approximate surface area is 125 Å². The molecule has 0 aromatic heterocycles. The number of nitrogens with one attached hydrogen (secondary N) is 2. The average Bonchev–Trinajstić information content (AvgIpc) is 2.87. The van der Waals surface area contributed by atoms with Crippen LogP contribution in [0.4, 0.5) is 4.79 Å². The number of ether oxygens (including phenoxy) is 1. The van der Waals surface area contributed by atoms with Gasteiger partial charge in [-0.3, -0.25) is 0 Å². The Morgan fingerprint density at radius 3 is 2.86 bits per heavy atom. The molecule has 1 aromatic rings. The molecular formula is C16H24N2O3. The van der Waals surface area contributed by atoms with Gasteiger partial charge < -0.3 is 20.5 Å². The summed E-state index contributed by atoms with van der Waals surface area (Å²) in [7, 11) is 0. The molecule has 2 atom stereocenters. The number of aliphatic hydroxyl groups excluding tert-OH is 1. The number of urea groups is 1. The first-order valence-electron chi connectivity index (χ1n) is 7.50. The molecule has 1 aliphatic rings. The van der Waals surface area contributed by atoms with Gasteiger partial charge in [-0.05, 0) is 24.0 Å². The van der Waals surface area contributed by atoms with Crippen molar-refractivity contribution in [2.75, 3.05) is 13.1 Å². The highest BCUT2D eigenvalue weighted by Gasteiger charge is 2.22. The van der Waals surface area contributed by atoms with Gasteiger partial charge in [-0.2, -0.15) is 0 Å². The van der Waals surface area contributed by atoms with Crippen LogP contribution in [-0.4, -0.2) is 36.4 Å². The molecule has 0 spiro atoms. The van der Waals surface area contributed by atoms with Gasteiger partial charge in [0.15, 0.2) is 0 Å². The molecule has 3 N–H and O–H groups in total. The van der Waals surface area contributed by atoms with E-state index < -0.39 is 0 Å². The highest BCUT2D eigenvalue weighted by Crippen LogP contribution is 2.27. The largest absolute Gasteiger partial charge is 0.488 e. The SMILES string of the molecule is CC(C)C(O)CCNC(=O)NCC1Cc2ccccc2O1. The Hall–Kier alpha value is -1.75. The first-order valence-corrected chi connectivity index (χ1v) is 7.50. The topological polar surface area (TPSA) is 70.6 Å². The Morgan fingerprint density at radius 1 is 1.38 bits per heavy atom. The van der Waals surface area contributed by atoms with E-state index in [0.717, 1.165) is 12.2 Å². The molecule has 5 nitrogen and oxygen atoms in total. The summed E-state index contributed by atoms with van der Waals surface area (Å²) < 4.78 is 5.75. The van der Waals surface area contributed by atoms with Crippen LogP contribution in [0.1, 0.15) is 25.8 Å². The zero-order valence-corrected chi connectivity index (χ0v) is 12.6. The average molecular weight is 292 g/mol. The quantitative estimate of drug-likeness (QED) is 0.747. The van der Waals surface area contributed by atoms with Crippen molar-refractivity contribution in [2.45, 2.75) is 38.9 Å². The maximum absolute atomic E-state index is 11.7. The summed E-state index contributed by atoms with van der Waals surface area (Å²) in [5, 5.41) is 15.2. The lowest BCUT2D eigenvalue weighted by Gasteiger charge is -2.15. The molecule has 0 saturated carbocycles. The Balaban J connectivity index is 1.62. The van der Waals surface area contributed by atoms with Crippen molar-refractivity contribution in [3.8, 4) is 5.75 Å². The van der Waals surface area contributed by atoms with Crippen molar-refractivity contribution in [3.63, 3.8) is 0 Å².